The van der Waals surface area contributed by atoms with E-state index >= 15 is 0 Å². The quantitative estimate of drug-likeness (QED) is 0.865. The molecule has 0 unspecified atom stereocenters. The third-order valence-electron chi connectivity index (χ3n) is 2.99. The van der Waals surface area contributed by atoms with Crippen molar-refractivity contribution in [3.63, 3.8) is 0 Å². The van der Waals surface area contributed by atoms with Crippen LogP contribution in [0.15, 0.2) is 47.4 Å². The van der Waals surface area contributed by atoms with Crippen molar-refractivity contribution in [1.82, 2.24) is 9.88 Å². The number of aliphatic hydroxyl groups excluding tert-OH is 1. The average molecular weight is 272 g/mol. The summed E-state index contributed by atoms with van der Waals surface area (Å²) in [6.07, 6.45) is 1.60. The summed E-state index contributed by atoms with van der Waals surface area (Å²) in [7, 11) is 1.60. The van der Waals surface area contributed by atoms with Crippen molar-refractivity contribution in [3.05, 3.63) is 69.6 Å². The van der Waals surface area contributed by atoms with Gasteiger partial charge in [-0.2, -0.15) is 0 Å². The number of pyridine rings is 1. The third-order valence-corrected chi connectivity index (χ3v) is 2.99. The Morgan fingerprint density at radius 1 is 1.25 bits per heavy atom. The van der Waals surface area contributed by atoms with E-state index in [1.54, 1.807) is 25.4 Å². The molecule has 0 fully saturated rings. The van der Waals surface area contributed by atoms with Crippen molar-refractivity contribution >= 4 is 5.91 Å². The molecule has 2 rings (SSSR count). The zero-order valence-electron chi connectivity index (χ0n) is 11.2. The lowest BCUT2D eigenvalue weighted by atomic mass is 10.1. The Hall–Kier alpha value is -2.40. The number of benzene rings is 1. The zero-order valence-corrected chi connectivity index (χ0v) is 11.2. The van der Waals surface area contributed by atoms with Gasteiger partial charge in [-0.3, -0.25) is 9.59 Å². The van der Waals surface area contributed by atoms with Crippen molar-refractivity contribution in [2.45, 2.75) is 13.2 Å². The molecule has 1 amide bonds. The van der Waals surface area contributed by atoms with Gasteiger partial charge in [0, 0.05) is 19.8 Å². The second-order valence-corrected chi connectivity index (χ2v) is 4.50. The van der Waals surface area contributed by atoms with Gasteiger partial charge in [-0.05, 0) is 23.3 Å². The molecular formula is C15H16N2O3. The molecule has 0 spiro atoms. The molecule has 0 saturated carbocycles. The van der Waals surface area contributed by atoms with Crippen LogP contribution in [0.4, 0.5) is 0 Å². The fraction of sp³-hybridized carbons (Fsp3) is 0.200. The van der Waals surface area contributed by atoms with E-state index < -0.39 is 5.91 Å². The van der Waals surface area contributed by atoms with E-state index in [0.29, 0.717) is 6.54 Å². The lowest BCUT2D eigenvalue weighted by Gasteiger charge is -2.07. The van der Waals surface area contributed by atoms with Gasteiger partial charge < -0.3 is 15.0 Å². The molecule has 0 atom stereocenters. The van der Waals surface area contributed by atoms with Crippen molar-refractivity contribution in [1.29, 1.82) is 0 Å². The molecule has 0 saturated heterocycles. The van der Waals surface area contributed by atoms with Crippen LogP contribution >= 0.6 is 0 Å². The molecule has 2 N–H and O–H groups in total. The highest BCUT2D eigenvalue weighted by Crippen LogP contribution is 2.05. The second kappa shape index (κ2) is 6.16. The summed E-state index contributed by atoms with van der Waals surface area (Å²) in [5.41, 5.74) is 1.45. The van der Waals surface area contributed by atoms with Gasteiger partial charge in [0.25, 0.3) is 11.5 Å². The number of aryl methyl sites for hydroxylation is 1. The number of carbonyl (C=O) groups is 1. The van der Waals surface area contributed by atoms with Crippen LogP contribution in [0.5, 0.6) is 0 Å². The minimum Gasteiger partial charge on any atom is -0.392 e. The Morgan fingerprint density at radius 2 is 2.00 bits per heavy atom. The number of hydrogen-bond donors (Lipinski definition) is 2. The molecule has 20 heavy (non-hydrogen) atoms. The molecule has 1 aromatic heterocycles. The number of carbonyl (C=O) groups excluding carboxylic acids is 1. The van der Waals surface area contributed by atoms with E-state index in [1.807, 2.05) is 18.2 Å². The van der Waals surface area contributed by atoms with E-state index in [0.717, 1.165) is 11.1 Å². The number of rotatable bonds is 4. The summed E-state index contributed by atoms with van der Waals surface area (Å²) in [6.45, 7) is 0.270. The average Bonchev–Trinajstić information content (AvgIpc) is 2.48. The molecule has 0 aliphatic rings. The fourth-order valence-corrected chi connectivity index (χ4v) is 1.89. The molecule has 5 nitrogen and oxygen atoms in total. The number of nitrogens with one attached hydrogen (secondary N) is 1. The van der Waals surface area contributed by atoms with Crippen LogP contribution in [0.25, 0.3) is 0 Å². The summed E-state index contributed by atoms with van der Waals surface area (Å²) < 4.78 is 1.36. The predicted molar refractivity (Wildman–Crippen MR) is 75.2 cm³/mol. The van der Waals surface area contributed by atoms with Gasteiger partial charge in [-0.1, -0.05) is 24.3 Å². The molecule has 0 bridgehead atoms. The van der Waals surface area contributed by atoms with Crippen molar-refractivity contribution in [2.24, 2.45) is 7.05 Å². The monoisotopic (exact) mass is 272 g/mol. The van der Waals surface area contributed by atoms with Crippen LogP contribution in [0, 0.1) is 0 Å². The summed E-state index contributed by atoms with van der Waals surface area (Å²) in [6, 6.07) is 10.4. The zero-order chi connectivity index (χ0) is 14.5. The van der Waals surface area contributed by atoms with E-state index in [9.17, 15) is 9.59 Å². The van der Waals surface area contributed by atoms with Crippen molar-refractivity contribution in [3.8, 4) is 0 Å². The molecule has 0 radical (unpaired) electrons. The first-order valence-electron chi connectivity index (χ1n) is 6.24. The number of hydrogen-bond acceptors (Lipinski definition) is 3. The van der Waals surface area contributed by atoms with Crippen LogP contribution in [-0.4, -0.2) is 15.6 Å². The van der Waals surface area contributed by atoms with Gasteiger partial charge >= 0.3 is 0 Å². The maximum Gasteiger partial charge on any atom is 0.263 e. The van der Waals surface area contributed by atoms with Gasteiger partial charge in [-0.25, -0.2) is 0 Å². The molecule has 5 heteroatoms. The van der Waals surface area contributed by atoms with Gasteiger partial charge in [0.15, 0.2) is 0 Å². The van der Waals surface area contributed by atoms with E-state index in [-0.39, 0.29) is 17.7 Å². The number of aromatic nitrogens is 1. The minimum absolute atomic E-state index is 0.0407. The van der Waals surface area contributed by atoms with Gasteiger partial charge in [0.1, 0.15) is 5.56 Å². The SMILES string of the molecule is Cn1cccc(C(=O)NCc2cccc(CO)c2)c1=O. The maximum atomic E-state index is 12.0. The minimum atomic E-state index is -0.402. The molecule has 0 aliphatic heterocycles. The highest BCUT2D eigenvalue weighted by molar-refractivity contribution is 5.93. The van der Waals surface area contributed by atoms with Crippen molar-refractivity contribution < 1.29 is 9.90 Å². The standard InChI is InChI=1S/C15H16N2O3/c1-17-7-3-6-13(15(17)20)14(19)16-9-11-4-2-5-12(8-11)10-18/h2-8,18H,9-10H2,1H3,(H,16,19). The Bertz CT molecular complexity index is 677. The summed E-state index contributed by atoms with van der Waals surface area (Å²) in [5, 5.41) is 11.8. The largest absolute Gasteiger partial charge is 0.392 e. The lowest BCUT2D eigenvalue weighted by molar-refractivity contribution is 0.0949. The first-order valence-corrected chi connectivity index (χ1v) is 6.24. The van der Waals surface area contributed by atoms with E-state index in [1.165, 1.54) is 10.6 Å². The summed E-state index contributed by atoms with van der Waals surface area (Å²) >= 11 is 0. The summed E-state index contributed by atoms with van der Waals surface area (Å²) in [5.74, 6) is -0.402. The highest BCUT2D eigenvalue weighted by Gasteiger charge is 2.10. The smallest absolute Gasteiger partial charge is 0.263 e. The molecule has 104 valence electrons. The van der Waals surface area contributed by atoms with Crippen LogP contribution in [-0.2, 0) is 20.2 Å². The van der Waals surface area contributed by atoms with Crippen molar-refractivity contribution in [2.75, 3.05) is 0 Å². The van der Waals surface area contributed by atoms with E-state index in [2.05, 4.69) is 5.32 Å². The normalized spacial score (nSPS) is 10.3. The van der Waals surface area contributed by atoms with Gasteiger partial charge in [-0.15, -0.1) is 0 Å². The molecule has 1 aromatic carbocycles. The predicted octanol–water partition coefficient (Wildman–Crippen LogP) is 0.808. The first kappa shape index (κ1) is 14.0. The van der Waals surface area contributed by atoms with E-state index in [4.69, 9.17) is 5.11 Å². The molecular weight excluding hydrogens is 256 g/mol. The Kier molecular flexibility index (Phi) is 4.32. The van der Waals surface area contributed by atoms with Gasteiger partial charge in [0.2, 0.25) is 0 Å². The Labute approximate surface area is 116 Å². The maximum absolute atomic E-state index is 12.0. The number of nitrogens with zero attached hydrogens (tertiary/aromatic N) is 1. The van der Waals surface area contributed by atoms with Crippen LogP contribution in [0.2, 0.25) is 0 Å². The first-order chi connectivity index (χ1) is 9.61. The number of aliphatic hydroxyl groups is 1. The fourth-order valence-electron chi connectivity index (χ4n) is 1.89. The Morgan fingerprint density at radius 3 is 2.75 bits per heavy atom. The number of amides is 1. The molecule has 0 aliphatic carbocycles. The second-order valence-electron chi connectivity index (χ2n) is 4.50. The van der Waals surface area contributed by atoms with Gasteiger partial charge in [0.05, 0.1) is 6.61 Å². The highest BCUT2D eigenvalue weighted by atomic mass is 16.3. The third kappa shape index (κ3) is 3.13. The lowest BCUT2D eigenvalue weighted by Crippen LogP contribution is -2.31. The molecule has 1 heterocycles. The van der Waals surface area contributed by atoms with Crippen LogP contribution in [0.1, 0.15) is 21.5 Å². The topological polar surface area (TPSA) is 71.3 Å². The Balaban J connectivity index is 2.08. The molecule has 2 aromatic rings. The van der Waals surface area contributed by atoms with Crippen LogP contribution in [0.3, 0.4) is 0 Å². The van der Waals surface area contributed by atoms with Crippen LogP contribution < -0.4 is 10.9 Å². The summed E-state index contributed by atoms with van der Waals surface area (Å²) in [4.78, 5) is 23.8.